The fourth-order valence-electron chi connectivity index (χ4n) is 2.22. The van der Waals surface area contributed by atoms with Gasteiger partial charge in [0.05, 0.1) is 23.1 Å². The van der Waals surface area contributed by atoms with E-state index < -0.39 is 0 Å². The van der Waals surface area contributed by atoms with E-state index in [-0.39, 0.29) is 11.5 Å². The van der Waals surface area contributed by atoms with Crippen LogP contribution in [0, 0.1) is 0 Å². The predicted molar refractivity (Wildman–Crippen MR) is 70.1 cm³/mol. The number of rotatable bonds is 7. The lowest BCUT2D eigenvalue weighted by molar-refractivity contribution is -0.147. The van der Waals surface area contributed by atoms with E-state index in [9.17, 15) is 0 Å². The monoisotopic (exact) mass is 244 g/mol. The van der Waals surface area contributed by atoms with Gasteiger partial charge in [-0.05, 0) is 20.3 Å². The van der Waals surface area contributed by atoms with Crippen LogP contribution in [-0.2, 0) is 9.47 Å². The predicted octanol–water partition coefficient (Wildman–Crippen LogP) is 0.201. The van der Waals surface area contributed by atoms with E-state index in [0.717, 1.165) is 43.0 Å². The average Bonchev–Trinajstić information content (AvgIpc) is 2.79. The van der Waals surface area contributed by atoms with Crippen molar-refractivity contribution in [3.8, 4) is 0 Å². The minimum Gasteiger partial charge on any atom is -0.374 e. The van der Waals surface area contributed by atoms with Crippen LogP contribution in [0.3, 0.4) is 0 Å². The summed E-state index contributed by atoms with van der Waals surface area (Å²) in [5, 5.41) is -0.250. The molecule has 0 aromatic heterocycles. The summed E-state index contributed by atoms with van der Waals surface area (Å²) in [6, 6.07) is 0. The number of hydrogen-bond acceptors (Lipinski definition) is 4. The van der Waals surface area contributed by atoms with E-state index in [1.807, 2.05) is 20.2 Å². The molecular weight excluding hydrogens is 220 g/mol. The van der Waals surface area contributed by atoms with Crippen LogP contribution in [0.15, 0.2) is 4.99 Å². The highest BCUT2D eigenvalue weighted by atomic mass is 28.1. The highest BCUT2D eigenvalue weighted by Gasteiger charge is 2.39. The lowest BCUT2D eigenvalue weighted by Crippen LogP contribution is -2.59. The Bertz CT molecular complexity index is 238. The van der Waals surface area contributed by atoms with Crippen molar-refractivity contribution < 1.29 is 9.47 Å². The van der Waals surface area contributed by atoms with Crippen LogP contribution in [0.1, 0.15) is 27.2 Å². The summed E-state index contributed by atoms with van der Waals surface area (Å²) in [5.41, 5.74) is 0. The molecule has 1 aliphatic heterocycles. The average molecular weight is 244 g/mol. The molecule has 1 rings (SSSR count). The molecule has 0 saturated carbocycles. The second-order valence-corrected chi connectivity index (χ2v) is 5.49. The van der Waals surface area contributed by atoms with Gasteiger partial charge in [-0.1, -0.05) is 6.92 Å². The summed E-state index contributed by atoms with van der Waals surface area (Å²) in [7, 11) is 0.915. The van der Waals surface area contributed by atoms with Crippen molar-refractivity contribution in [2.45, 2.75) is 38.6 Å². The van der Waals surface area contributed by atoms with Gasteiger partial charge in [-0.15, -0.1) is 0 Å². The maximum Gasteiger partial charge on any atom is 0.141 e. The summed E-state index contributed by atoms with van der Waals surface area (Å²) in [5.74, 6) is 0. The molecule has 5 heteroatoms. The second kappa shape index (κ2) is 6.37. The molecule has 4 nitrogen and oxygen atoms in total. The van der Waals surface area contributed by atoms with Gasteiger partial charge in [0.15, 0.2) is 0 Å². The van der Waals surface area contributed by atoms with E-state index in [0.29, 0.717) is 0 Å². The SMILES string of the molecule is CCOC(CC)C([SiH3])(OCC)N1C=NCC1. The van der Waals surface area contributed by atoms with E-state index >= 15 is 0 Å². The molecule has 0 saturated heterocycles. The number of aliphatic imine (C=N–C) groups is 1. The minimum atomic E-state index is -0.250. The summed E-state index contributed by atoms with van der Waals surface area (Å²) in [4.78, 5) is 6.49. The first kappa shape index (κ1) is 13.7. The van der Waals surface area contributed by atoms with E-state index in [2.05, 4.69) is 16.8 Å². The zero-order chi connectivity index (χ0) is 12.0. The van der Waals surface area contributed by atoms with Gasteiger partial charge in [0.2, 0.25) is 0 Å². The van der Waals surface area contributed by atoms with Crippen LogP contribution in [0.2, 0.25) is 0 Å². The number of nitrogens with zero attached hydrogens (tertiary/aromatic N) is 2. The Morgan fingerprint density at radius 1 is 1.44 bits per heavy atom. The highest BCUT2D eigenvalue weighted by molar-refractivity contribution is 6.15. The first-order valence-corrected chi connectivity index (χ1v) is 7.21. The van der Waals surface area contributed by atoms with E-state index in [1.165, 1.54) is 0 Å². The largest absolute Gasteiger partial charge is 0.374 e. The molecule has 0 aliphatic carbocycles. The Morgan fingerprint density at radius 3 is 2.62 bits per heavy atom. The van der Waals surface area contributed by atoms with E-state index in [1.54, 1.807) is 0 Å². The minimum absolute atomic E-state index is 0.147. The molecule has 1 heterocycles. The zero-order valence-electron chi connectivity index (χ0n) is 10.9. The molecule has 0 aromatic rings. The lowest BCUT2D eigenvalue weighted by atomic mass is 10.2. The van der Waals surface area contributed by atoms with Gasteiger partial charge >= 0.3 is 0 Å². The maximum absolute atomic E-state index is 5.99. The molecule has 0 radical (unpaired) electrons. The molecule has 16 heavy (non-hydrogen) atoms. The Morgan fingerprint density at radius 2 is 2.19 bits per heavy atom. The van der Waals surface area contributed by atoms with Crippen molar-refractivity contribution in [2.75, 3.05) is 26.3 Å². The number of ether oxygens (including phenoxy) is 2. The van der Waals surface area contributed by atoms with Gasteiger partial charge in [-0.25, -0.2) is 0 Å². The van der Waals surface area contributed by atoms with Gasteiger partial charge in [-0.2, -0.15) is 0 Å². The van der Waals surface area contributed by atoms with Gasteiger partial charge in [-0.3, -0.25) is 4.99 Å². The summed E-state index contributed by atoms with van der Waals surface area (Å²) in [6.45, 7) is 9.51. The van der Waals surface area contributed by atoms with E-state index in [4.69, 9.17) is 9.47 Å². The molecule has 0 fully saturated rings. The smallest absolute Gasteiger partial charge is 0.141 e. The highest BCUT2D eigenvalue weighted by Crippen LogP contribution is 2.23. The van der Waals surface area contributed by atoms with Crippen LogP contribution in [0.5, 0.6) is 0 Å². The number of hydrogen-bond donors (Lipinski definition) is 0. The third-order valence-electron chi connectivity index (χ3n) is 3.03. The molecule has 2 atom stereocenters. The lowest BCUT2D eigenvalue weighted by Gasteiger charge is -2.43. The summed E-state index contributed by atoms with van der Waals surface area (Å²) in [6.07, 6.45) is 3.04. The van der Waals surface area contributed by atoms with Crippen LogP contribution in [-0.4, -0.2) is 59.2 Å². The van der Waals surface area contributed by atoms with Gasteiger partial charge < -0.3 is 14.4 Å². The molecule has 94 valence electrons. The van der Waals surface area contributed by atoms with Crippen molar-refractivity contribution >= 4 is 16.6 Å². The first-order chi connectivity index (χ1) is 7.69. The zero-order valence-corrected chi connectivity index (χ0v) is 12.9. The summed E-state index contributed by atoms with van der Waals surface area (Å²) >= 11 is 0. The second-order valence-electron chi connectivity index (χ2n) is 4.05. The molecule has 0 aromatic carbocycles. The Hall–Kier alpha value is -0.393. The van der Waals surface area contributed by atoms with Crippen LogP contribution in [0.25, 0.3) is 0 Å². The van der Waals surface area contributed by atoms with Crippen LogP contribution in [0.4, 0.5) is 0 Å². The molecule has 0 bridgehead atoms. The van der Waals surface area contributed by atoms with Gasteiger partial charge in [0.25, 0.3) is 0 Å². The molecule has 0 spiro atoms. The van der Waals surface area contributed by atoms with Crippen LogP contribution >= 0.6 is 0 Å². The third-order valence-corrected chi connectivity index (χ3v) is 4.54. The Kier molecular flexibility index (Phi) is 5.44. The topological polar surface area (TPSA) is 34.1 Å². The summed E-state index contributed by atoms with van der Waals surface area (Å²) < 4.78 is 11.8. The first-order valence-electron chi connectivity index (χ1n) is 6.21. The maximum atomic E-state index is 5.99. The van der Waals surface area contributed by atoms with Gasteiger partial charge in [0.1, 0.15) is 11.5 Å². The Balaban J connectivity index is 2.79. The quantitative estimate of drug-likeness (QED) is 0.600. The normalized spacial score (nSPS) is 21.3. The molecule has 0 N–H and O–H groups in total. The standard InChI is InChI=1S/C11H24N2O2Si/c1-4-10(14-5-2)11(16,15-6-3)13-8-7-12-9-13/h9-10H,4-8H2,1-3,16H3. The van der Waals surface area contributed by atoms with Crippen molar-refractivity contribution in [2.24, 2.45) is 4.99 Å². The molecule has 2 unspecified atom stereocenters. The third kappa shape index (κ3) is 2.84. The fraction of sp³-hybridized carbons (Fsp3) is 0.909. The fourth-order valence-corrected chi connectivity index (χ4v) is 3.42. The molecule has 0 amide bonds. The van der Waals surface area contributed by atoms with Gasteiger partial charge in [0, 0.05) is 19.8 Å². The van der Waals surface area contributed by atoms with Crippen LogP contribution < -0.4 is 0 Å². The molecule has 1 aliphatic rings. The molecular formula is C11H24N2O2Si. The Labute approximate surface area is 101 Å². The van der Waals surface area contributed by atoms with Crippen molar-refractivity contribution in [1.29, 1.82) is 0 Å². The van der Waals surface area contributed by atoms with Crippen molar-refractivity contribution in [3.63, 3.8) is 0 Å². The van der Waals surface area contributed by atoms with Crippen molar-refractivity contribution in [3.05, 3.63) is 0 Å². The van der Waals surface area contributed by atoms with Crippen molar-refractivity contribution in [1.82, 2.24) is 4.90 Å².